The van der Waals surface area contributed by atoms with E-state index >= 15 is 0 Å². The molecule has 2 amide bonds. The standard InChI is InChI=1S/C26H38N4O4S2/c1-15(2)33-24(31)28-19-12-13-20(21(14-19)35-16(3)4)23-30-29-22(36-23)17-8-10-18(11-9-17)27-25(32)34-26(5,6)7/h12-18H,8-11H2,1-7H3,(H,27,32)(H,28,31)/t17-,18-. The van der Waals surface area contributed by atoms with Crippen LogP contribution in [-0.4, -0.2) is 45.4 Å². The second-order valence-corrected chi connectivity index (χ2v) is 13.2. The Labute approximate surface area is 222 Å². The van der Waals surface area contributed by atoms with Gasteiger partial charge in [-0.25, -0.2) is 9.59 Å². The van der Waals surface area contributed by atoms with E-state index in [2.05, 4.69) is 34.7 Å². The molecule has 0 unspecified atom stereocenters. The number of amides is 2. The molecule has 36 heavy (non-hydrogen) atoms. The minimum Gasteiger partial charge on any atom is -0.447 e. The number of carbonyl (C=O) groups is 2. The lowest BCUT2D eigenvalue weighted by Gasteiger charge is -2.29. The van der Waals surface area contributed by atoms with Crippen LogP contribution in [0.15, 0.2) is 23.1 Å². The number of carbonyl (C=O) groups excluding carboxylic acids is 2. The molecule has 2 N–H and O–H groups in total. The summed E-state index contributed by atoms with van der Waals surface area (Å²) in [5.41, 5.74) is 1.20. The van der Waals surface area contributed by atoms with Gasteiger partial charge in [0, 0.05) is 33.4 Å². The molecule has 1 fully saturated rings. The highest BCUT2D eigenvalue weighted by Crippen LogP contribution is 2.40. The van der Waals surface area contributed by atoms with E-state index in [-0.39, 0.29) is 18.2 Å². The molecule has 0 aliphatic heterocycles. The summed E-state index contributed by atoms with van der Waals surface area (Å²) in [5, 5.41) is 17.1. The van der Waals surface area contributed by atoms with E-state index < -0.39 is 11.7 Å². The fourth-order valence-corrected chi connectivity index (χ4v) is 6.07. The molecule has 0 atom stereocenters. The summed E-state index contributed by atoms with van der Waals surface area (Å²) < 4.78 is 10.6. The molecule has 0 radical (unpaired) electrons. The molecular formula is C26H38N4O4S2. The normalized spacial score (nSPS) is 18.2. The lowest BCUT2D eigenvalue weighted by molar-refractivity contribution is 0.0491. The minimum absolute atomic E-state index is 0.125. The molecule has 10 heteroatoms. The third-order valence-corrected chi connectivity index (χ3v) is 7.58. The highest BCUT2D eigenvalue weighted by Gasteiger charge is 2.28. The van der Waals surface area contributed by atoms with Crippen molar-refractivity contribution < 1.29 is 19.1 Å². The summed E-state index contributed by atoms with van der Waals surface area (Å²) in [6.45, 7) is 13.5. The molecule has 0 saturated heterocycles. The van der Waals surface area contributed by atoms with E-state index in [0.717, 1.165) is 46.2 Å². The zero-order chi connectivity index (χ0) is 26.5. The van der Waals surface area contributed by atoms with Crippen molar-refractivity contribution in [2.24, 2.45) is 0 Å². The first kappa shape index (κ1) is 28.2. The van der Waals surface area contributed by atoms with E-state index in [1.54, 1.807) is 23.1 Å². The average Bonchev–Trinajstić information content (AvgIpc) is 3.22. The molecular weight excluding hydrogens is 496 g/mol. The van der Waals surface area contributed by atoms with Gasteiger partial charge in [0.2, 0.25) is 0 Å². The minimum atomic E-state index is -0.497. The molecule has 1 aromatic carbocycles. The average molecular weight is 535 g/mol. The zero-order valence-electron chi connectivity index (χ0n) is 22.2. The number of benzene rings is 1. The second-order valence-electron chi connectivity index (χ2n) is 10.6. The molecule has 1 saturated carbocycles. The molecule has 1 aliphatic carbocycles. The highest BCUT2D eigenvalue weighted by molar-refractivity contribution is 8.00. The Bertz CT molecular complexity index is 1040. The van der Waals surface area contributed by atoms with Crippen LogP contribution in [0.4, 0.5) is 15.3 Å². The topological polar surface area (TPSA) is 102 Å². The van der Waals surface area contributed by atoms with Crippen molar-refractivity contribution in [2.45, 2.75) is 108 Å². The van der Waals surface area contributed by atoms with Crippen LogP contribution in [0.2, 0.25) is 0 Å². The van der Waals surface area contributed by atoms with Crippen LogP contribution in [0.5, 0.6) is 0 Å². The van der Waals surface area contributed by atoms with Gasteiger partial charge in [-0.3, -0.25) is 5.32 Å². The third-order valence-electron chi connectivity index (χ3n) is 5.40. The monoisotopic (exact) mass is 534 g/mol. The molecule has 0 bridgehead atoms. The molecule has 2 aromatic rings. The third kappa shape index (κ3) is 8.65. The quantitative estimate of drug-likeness (QED) is 0.362. The molecule has 1 aliphatic rings. The largest absolute Gasteiger partial charge is 0.447 e. The van der Waals surface area contributed by atoms with Crippen molar-refractivity contribution in [3.05, 3.63) is 23.2 Å². The van der Waals surface area contributed by atoms with Crippen molar-refractivity contribution >= 4 is 41.0 Å². The highest BCUT2D eigenvalue weighted by atomic mass is 32.2. The van der Waals surface area contributed by atoms with E-state index in [0.29, 0.717) is 16.9 Å². The smallest absolute Gasteiger partial charge is 0.411 e. The fraction of sp³-hybridized carbons (Fsp3) is 0.615. The maximum Gasteiger partial charge on any atom is 0.411 e. The van der Waals surface area contributed by atoms with Gasteiger partial charge in [0.05, 0.1) is 6.10 Å². The Morgan fingerprint density at radius 2 is 1.75 bits per heavy atom. The molecule has 0 spiro atoms. The van der Waals surface area contributed by atoms with Crippen LogP contribution in [0.1, 0.15) is 85.1 Å². The van der Waals surface area contributed by atoms with Crippen LogP contribution in [0.25, 0.3) is 10.6 Å². The van der Waals surface area contributed by atoms with Crippen molar-refractivity contribution in [1.82, 2.24) is 15.5 Å². The van der Waals surface area contributed by atoms with Crippen molar-refractivity contribution in [3.63, 3.8) is 0 Å². The number of thioether (sulfide) groups is 1. The predicted octanol–water partition coefficient (Wildman–Crippen LogP) is 7.21. The lowest BCUT2D eigenvalue weighted by atomic mass is 9.86. The zero-order valence-corrected chi connectivity index (χ0v) is 23.8. The van der Waals surface area contributed by atoms with Gasteiger partial charge in [-0.2, -0.15) is 0 Å². The van der Waals surface area contributed by atoms with E-state index in [1.165, 1.54) is 0 Å². The predicted molar refractivity (Wildman–Crippen MR) is 146 cm³/mol. The number of anilines is 1. The number of hydrogen-bond donors (Lipinski definition) is 2. The van der Waals surface area contributed by atoms with Gasteiger partial charge in [-0.15, -0.1) is 22.0 Å². The van der Waals surface area contributed by atoms with Crippen molar-refractivity contribution in [1.29, 1.82) is 0 Å². The Morgan fingerprint density at radius 1 is 1.06 bits per heavy atom. The Hall–Kier alpha value is -2.33. The molecule has 3 rings (SSSR count). The van der Waals surface area contributed by atoms with Crippen LogP contribution < -0.4 is 10.6 Å². The first-order valence-electron chi connectivity index (χ1n) is 12.5. The Balaban J connectivity index is 1.67. The number of ether oxygens (including phenoxy) is 2. The summed E-state index contributed by atoms with van der Waals surface area (Å²) in [5.74, 6) is 0.334. The van der Waals surface area contributed by atoms with Crippen LogP contribution in [0.3, 0.4) is 0 Å². The number of nitrogens with one attached hydrogen (secondary N) is 2. The second kappa shape index (κ2) is 12.3. The molecule has 1 aromatic heterocycles. The molecule has 198 valence electrons. The van der Waals surface area contributed by atoms with Crippen LogP contribution in [-0.2, 0) is 9.47 Å². The summed E-state index contributed by atoms with van der Waals surface area (Å²) >= 11 is 3.35. The Kier molecular flexibility index (Phi) is 9.63. The summed E-state index contributed by atoms with van der Waals surface area (Å²) in [6, 6.07) is 5.95. The fourth-order valence-electron chi connectivity index (χ4n) is 3.96. The van der Waals surface area contributed by atoms with E-state index in [4.69, 9.17) is 9.47 Å². The van der Waals surface area contributed by atoms with Gasteiger partial charge in [-0.1, -0.05) is 25.2 Å². The number of rotatable bonds is 7. The molecule has 8 nitrogen and oxygen atoms in total. The SMILES string of the molecule is CC(C)OC(=O)Nc1ccc(-c2nnc([C@H]3CC[C@H](NC(=O)OC(C)(C)C)CC3)s2)c(SC(C)C)c1. The van der Waals surface area contributed by atoms with Gasteiger partial charge in [-0.05, 0) is 78.5 Å². The van der Waals surface area contributed by atoms with Gasteiger partial charge < -0.3 is 14.8 Å². The Morgan fingerprint density at radius 3 is 2.36 bits per heavy atom. The maximum atomic E-state index is 12.1. The maximum absolute atomic E-state index is 12.1. The number of nitrogens with zero attached hydrogens (tertiary/aromatic N) is 2. The van der Waals surface area contributed by atoms with E-state index in [1.807, 2.05) is 52.8 Å². The molecule has 1 heterocycles. The number of alkyl carbamates (subject to hydrolysis) is 1. The first-order chi connectivity index (χ1) is 16.9. The first-order valence-corrected chi connectivity index (χ1v) is 14.2. The van der Waals surface area contributed by atoms with Crippen molar-refractivity contribution in [3.8, 4) is 10.6 Å². The van der Waals surface area contributed by atoms with Crippen LogP contribution >= 0.6 is 23.1 Å². The summed E-state index contributed by atoms with van der Waals surface area (Å²) in [6.07, 6.45) is 2.67. The van der Waals surface area contributed by atoms with Gasteiger partial charge >= 0.3 is 12.2 Å². The number of hydrogen-bond acceptors (Lipinski definition) is 8. The lowest BCUT2D eigenvalue weighted by Crippen LogP contribution is -2.40. The van der Waals surface area contributed by atoms with E-state index in [9.17, 15) is 9.59 Å². The van der Waals surface area contributed by atoms with Crippen molar-refractivity contribution in [2.75, 3.05) is 5.32 Å². The summed E-state index contributed by atoms with van der Waals surface area (Å²) in [4.78, 5) is 25.2. The van der Waals surface area contributed by atoms with Gasteiger partial charge in [0.1, 0.15) is 15.6 Å². The van der Waals surface area contributed by atoms with Gasteiger partial charge in [0.25, 0.3) is 0 Å². The van der Waals surface area contributed by atoms with Crippen LogP contribution in [0, 0.1) is 0 Å². The number of aromatic nitrogens is 2. The van der Waals surface area contributed by atoms with Gasteiger partial charge in [0.15, 0.2) is 0 Å². The summed E-state index contributed by atoms with van der Waals surface area (Å²) in [7, 11) is 0.